The van der Waals surface area contributed by atoms with Crippen molar-refractivity contribution in [3.63, 3.8) is 0 Å². The van der Waals surface area contributed by atoms with Crippen molar-refractivity contribution >= 4 is 35.0 Å². The van der Waals surface area contributed by atoms with Crippen molar-refractivity contribution in [1.82, 2.24) is 20.4 Å². The maximum absolute atomic E-state index is 12.6. The lowest BCUT2D eigenvalue weighted by molar-refractivity contribution is -0.134. The fourth-order valence-corrected chi connectivity index (χ4v) is 3.55. The molecule has 0 bridgehead atoms. The van der Waals surface area contributed by atoms with Gasteiger partial charge in [0.1, 0.15) is 5.75 Å². The van der Waals surface area contributed by atoms with Gasteiger partial charge in [0.2, 0.25) is 0 Å². The van der Waals surface area contributed by atoms with Crippen molar-refractivity contribution in [1.29, 1.82) is 5.26 Å². The van der Waals surface area contributed by atoms with Gasteiger partial charge in [-0.2, -0.15) is 10.4 Å². The van der Waals surface area contributed by atoms with E-state index in [-0.39, 0.29) is 40.2 Å². The van der Waals surface area contributed by atoms with Crippen LogP contribution in [0.4, 0.5) is 0 Å². The lowest BCUT2D eigenvalue weighted by atomic mass is 10.2. The Hall–Kier alpha value is -2.76. The maximum Gasteiger partial charge on any atom is 0.273 e. The largest absolute Gasteiger partial charge is 0.482 e. The number of nitrogens with one attached hydrogen (secondary N) is 2. The molecule has 1 aromatic heterocycles. The van der Waals surface area contributed by atoms with Gasteiger partial charge in [-0.1, -0.05) is 23.2 Å². The number of carbonyl (C=O) groups excluding carboxylic acids is 2. The number of rotatable bonds is 6. The minimum Gasteiger partial charge on any atom is -0.482 e. The predicted octanol–water partition coefficient (Wildman–Crippen LogP) is 2.70. The van der Waals surface area contributed by atoms with E-state index in [1.54, 1.807) is 24.0 Å². The first-order valence-corrected chi connectivity index (χ1v) is 9.77. The van der Waals surface area contributed by atoms with Crippen LogP contribution in [-0.4, -0.2) is 52.6 Å². The number of hydrogen-bond acceptors (Lipinski definition) is 5. The van der Waals surface area contributed by atoms with Crippen molar-refractivity contribution < 1.29 is 14.3 Å². The summed E-state index contributed by atoms with van der Waals surface area (Å²) < 4.78 is 5.52. The number of benzene rings is 1. The molecule has 2 aromatic rings. The number of nitriles is 1. The molecule has 0 saturated carbocycles. The van der Waals surface area contributed by atoms with E-state index in [1.807, 2.05) is 6.07 Å². The predicted molar refractivity (Wildman–Crippen MR) is 107 cm³/mol. The number of amides is 2. The van der Waals surface area contributed by atoms with Crippen LogP contribution < -0.4 is 10.1 Å². The Kier molecular flexibility index (Phi) is 6.62. The highest BCUT2D eigenvalue weighted by atomic mass is 35.5. The second-order valence-corrected chi connectivity index (χ2v) is 7.44. The third kappa shape index (κ3) is 4.81. The van der Waals surface area contributed by atoms with E-state index >= 15 is 0 Å². The van der Waals surface area contributed by atoms with Crippen LogP contribution in [0.15, 0.2) is 18.2 Å². The van der Waals surface area contributed by atoms with Crippen LogP contribution in [0.3, 0.4) is 0 Å². The Labute approximate surface area is 177 Å². The molecule has 3 rings (SSSR count). The van der Waals surface area contributed by atoms with E-state index < -0.39 is 0 Å². The van der Waals surface area contributed by atoms with Crippen LogP contribution in [0.2, 0.25) is 10.0 Å². The summed E-state index contributed by atoms with van der Waals surface area (Å²) in [5.74, 6) is -0.248. The van der Waals surface area contributed by atoms with Crippen LogP contribution >= 0.6 is 23.2 Å². The molecule has 1 fully saturated rings. The number of nitrogens with zero attached hydrogens (tertiary/aromatic N) is 3. The maximum atomic E-state index is 12.6. The Balaban J connectivity index is 1.54. The zero-order chi connectivity index (χ0) is 21.0. The minimum absolute atomic E-state index is 0.134. The molecule has 1 aliphatic rings. The number of H-pyrrole nitrogens is 1. The summed E-state index contributed by atoms with van der Waals surface area (Å²) in [6, 6.07) is 6.47. The standard InChI is InChI=1S/C19H19Cl2N5O3/c1-11-17(21)18(25-24-11)19(28)23-9-13-3-2-6-26(13)16(27)10-29-15-5-4-12(8-22)7-14(15)20/h4-5,7,13H,2-3,6,9-10H2,1H3,(H,23,28)(H,24,25). The lowest BCUT2D eigenvalue weighted by Gasteiger charge is -2.25. The highest BCUT2D eigenvalue weighted by molar-refractivity contribution is 6.34. The normalized spacial score (nSPS) is 15.8. The van der Waals surface area contributed by atoms with E-state index in [2.05, 4.69) is 15.5 Å². The van der Waals surface area contributed by atoms with Crippen LogP contribution in [0.1, 0.15) is 34.6 Å². The zero-order valence-electron chi connectivity index (χ0n) is 15.7. The van der Waals surface area contributed by atoms with Crippen molar-refractivity contribution in [2.75, 3.05) is 19.7 Å². The molecule has 1 atom stereocenters. The smallest absolute Gasteiger partial charge is 0.273 e. The van der Waals surface area contributed by atoms with Gasteiger partial charge in [0.05, 0.1) is 27.4 Å². The molecule has 10 heteroatoms. The number of aryl methyl sites for hydroxylation is 1. The number of aromatic nitrogens is 2. The quantitative estimate of drug-likeness (QED) is 0.724. The van der Waals surface area contributed by atoms with Gasteiger partial charge in [0.15, 0.2) is 12.3 Å². The number of halogens is 2. The van der Waals surface area contributed by atoms with Crippen molar-refractivity contribution in [2.45, 2.75) is 25.8 Å². The average molecular weight is 436 g/mol. The Bertz CT molecular complexity index is 969. The number of aromatic amines is 1. The first-order valence-electron chi connectivity index (χ1n) is 9.01. The summed E-state index contributed by atoms with van der Waals surface area (Å²) >= 11 is 12.1. The summed E-state index contributed by atoms with van der Waals surface area (Å²) in [5, 5.41) is 18.8. The summed E-state index contributed by atoms with van der Waals surface area (Å²) in [6.45, 7) is 2.43. The molecule has 152 valence electrons. The SMILES string of the molecule is Cc1[nH]nc(C(=O)NCC2CCCN2C(=O)COc2ccc(C#N)cc2Cl)c1Cl. The van der Waals surface area contributed by atoms with Crippen LogP contribution in [0.25, 0.3) is 0 Å². The molecule has 29 heavy (non-hydrogen) atoms. The molecule has 0 radical (unpaired) electrons. The van der Waals surface area contributed by atoms with Gasteiger partial charge in [-0.3, -0.25) is 14.7 Å². The lowest BCUT2D eigenvalue weighted by Crippen LogP contribution is -2.45. The Morgan fingerprint density at radius 2 is 2.24 bits per heavy atom. The third-order valence-corrected chi connectivity index (χ3v) is 5.45. The zero-order valence-corrected chi connectivity index (χ0v) is 17.2. The van der Waals surface area contributed by atoms with Gasteiger partial charge in [-0.25, -0.2) is 0 Å². The molecule has 1 aromatic carbocycles. The van der Waals surface area contributed by atoms with E-state index in [9.17, 15) is 9.59 Å². The highest BCUT2D eigenvalue weighted by Gasteiger charge is 2.30. The Morgan fingerprint density at radius 3 is 2.90 bits per heavy atom. The molecule has 2 heterocycles. The molecule has 8 nitrogen and oxygen atoms in total. The second-order valence-electron chi connectivity index (χ2n) is 6.65. The van der Waals surface area contributed by atoms with E-state index in [1.165, 1.54) is 6.07 Å². The number of carbonyl (C=O) groups is 2. The molecule has 1 unspecified atom stereocenters. The first-order chi connectivity index (χ1) is 13.9. The molecule has 0 aliphatic carbocycles. The third-order valence-electron chi connectivity index (χ3n) is 4.70. The second kappa shape index (κ2) is 9.16. The van der Waals surface area contributed by atoms with Crippen LogP contribution in [0, 0.1) is 18.3 Å². The van der Waals surface area contributed by atoms with E-state index in [4.69, 9.17) is 33.2 Å². The highest BCUT2D eigenvalue weighted by Crippen LogP contribution is 2.26. The monoisotopic (exact) mass is 435 g/mol. The molecule has 0 spiro atoms. The number of likely N-dealkylation sites (tertiary alicyclic amines) is 1. The molecule has 1 aliphatic heterocycles. The van der Waals surface area contributed by atoms with Gasteiger partial charge >= 0.3 is 0 Å². The molecule has 2 amide bonds. The van der Waals surface area contributed by atoms with Crippen LogP contribution in [0.5, 0.6) is 5.75 Å². The van der Waals surface area contributed by atoms with Gasteiger partial charge in [0.25, 0.3) is 11.8 Å². The first kappa shape index (κ1) is 21.0. The van der Waals surface area contributed by atoms with Gasteiger partial charge in [0, 0.05) is 19.1 Å². The summed E-state index contributed by atoms with van der Waals surface area (Å²) in [5.41, 5.74) is 1.17. The minimum atomic E-state index is -0.390. The van der Waals surface area contributed by atoms with Gasteiger partial charge in [-0.15, -0.1) is 0 Å². The summed E-state index contributed by atoms with van der Waals surface area (Å²) in [7, 11) is 0. The summed E-state index contributed by atoms with van der Waals surface area (Å²) in [4.78, 5) is 26.5. The topological polar surface area (TPSA) is 111 Å². The van der Waals surface area contributed by atoms with Crippen LogP contribution in [-0.2, 0) is 4.79 Å². The number of ether oxygens (including phenoxy) is 1. The van der Waals surface area contributed by atoms with Crippen molar-refractivity contribution in [3.05, 3.63) is 45.2 Å². The summed E-state index contributed by atoms with van der Waals surface area (Å²) in [6.07, 6.45) is 1.61. The molecular formula is C19H19Cl2N5O3. The average Bonchev–Trinajstić information content (AvgIpc) is 3.32. The molecule has 2 N–H and O–H groups in total. The molecular weight excluding hydrogens is 417 g/mol. The van der Waals surface area contributed by atoms with Crippen molar-refractivity contribution in [3.8, 4) is 11.8 Å². The van der Waals surface area contributed by atoms with Gasteiger partial charge in [-0.05, 0) is 38.0 Å². The fraction of sp³-hybridized carbons (Fsp3) is 0.368. The number of hydrogen-bond donors (Lipinski definition) is 2. The molecule has 1 saturated heterocycles. The van der Waals surface area contributed by atoms with Gasteiger partial charge < -0.3 is 15.0 Å². The van der Waals surface area contributed by atoms with Crippen molar-refractivity contribution in [2.24, 2.45) is 0 Å². The Morgan fingerprint density at radius 1 is 1.45 bits per heavy atom. The van der Waals surface area contributed by atoms with E-state index in [0.29, 0.717) is 30.1 Å². The fourth-order valence-electron chi connectivity index (χ4n) is 3.15. The van der Waals surface area contributed by atoms with E-state index in [0.717, 1.165) is 12.8 Å².